The number of nitriles is 1. The van der Waals surface area contributed by atoms with Gasteiger partial charge in [0.05, 0.1) is 11.4 Å². The van der Waals surface area contributed by atoms with Crippen molar-refractivity contribution in [2.24, 2.45) is 0 Å². The molecule has 182 valence electrons. The molecule has 0 atom stereocenters. The van der Waals surface area contributed by atoms with E-state index in [0.717, 1.165) is 55.7 Å². The van der Waals surface area contributed by atoms with Crippen molar-refractivity contribution < 1.29 is 9.18 Å². The van der Waals surface area contributed by atoms with E-state index in [1.807, 2.05) is 6.92 Å². The first-order chi connectivity index (χ1) is 16.8. The predicted octanol–water partition coefficient (Wildman–Crippen LogP) is 4.97. The van der Waals surface area contributed by atoms with Crippen LogP contribution in [0, 0.1) is 24.1 Å². The van der Waals surface area contributed by atoms with Crippen LogP contribution < -0.4 is 10.5 Å². The summed E-state index contributed by atoms with van der Waals surface area (Å²) in [7, 11) is 0. The van der Waals surface area contributed by atoms with Gasteiger partial charge in [-0.05, 0) is 61.9 Å². The Bertz CT molecular complexity index is 1290. The highest BCUT2D eigenvalue weighted by Crippen LogP contribution is 2.37. The molecule has 2 aromatic rings. The van der Waals surface area contributed by atoms with Gasteiger partial charge in [0.15, 0.2) is 0 Å². The maximum atomic E-state index is 13.4. The highest BCUT2D eigenvalue weighted by Gasteiger charge is 2.33. The quantitative estimate of drug-likeness (QED) is 0.404. The van der Waals surface area contributed by atoms with Gasteiger partial charge in [-0.3, -0.25) is 19.1 Å². The van der Waals surface area contributed by atoms with E-state index in [9.17, 15) is 19.2 Å². The number of piperidine rings is 1. The van der Waals surface area contributed by atoms with Crippen molar-refractivity contribution in [3.63, 3.8) is 0 Å². The third kappa shape index (κ3) is 5.04. The summed E-state index contributed by atoms with van der Waals surface area (Å²) in [5.74, 6) is 0.201. The number of carbonyl (C=O) groups is 1. The number of anilines is 1. The lowest BCUT2D eigenvalue weighted by Gasteiger charge is -2.33. The minimum Gasteiger partial charge on any atom is -0.357 e. The van der Waals surface area contributed by atoms with E-state index in [1.165, 1.54) is 28.8 Å². The molecular weight excluding hydrogens is 483 g/mol. The molecule has 0 saturated carbocycles. The number of amides is 1. The van der Waals surface area contributed by atoms with Crippen LogP contribution in [0.1, 0.15) is 54.9 Å². The van der Waals surface area contributed by atoms with E-state index in [-0.39, 0.29) is 29.4 Å². The summed E-state index contributed by atoms with van der Waals surface area (Å²) in [6.07, 6.45) is 5.72. The second kappa shape index (κ2) is 10.8. The van der Waals surface area contributed by atoms with E-state index in [2.05, 4.69) is 11.0 Å². The molecule has 0 bridgehead atoms. The number of rotatable bonds is 6. The second-order valence-electron chi connectivity index (χ2n) is 8.75. The zero-order valence-corrected chi connectivity index (χ0v) is 21.5. The molecule has 2 fully saturated rings. The fourth-order valence-electron chi connectivity index (χ4n) is 4.56. The molecule has 1 aromatic heterocycles. The summed E-state index contributed by atoms with van der Waals surface area (Å²) >= 11 is 6.70. The molecular formula is C26H27FN4O2S2. The molecule has 3 heterocycles. The molecule has 9 heteroatoms. The maximum absolute atomic E-state index is 13.4. The summed E-state index contributed by atoms with van der Waals surface area (Å²) in [4.78, 5) is 30.7. The Morgan fingerprint density at radius 1 is 1.17 bits per heavy atom. The lowest BCUT2D eigenvalue weighted by molar-refractivity contribution is -0.122. The standard InChI is InChI=1S/C26H27FN4O2S2/c1-3-11-30-23(29-12-5-4-6-13-29)20(17(2)21(15-28)24(30)32)14-22-25(33)31(26(34)35-22)16-18-7-9-19(27)10-8-18/h7-10,14H,3-6,11-13,16H2,1-2H3/b22-14-. The zero-order valence-electron chi connectivity index (χ0n) is 19.8. The number of thiocarbonyl (C=S) groups is 1. The van der Waals surface area contributed by atoms with Gasteiger partial charge in [0, 0.05) is 25.2 Å². The summed E-state index contributed by atoms with van der Waals surface area (Å²) in [6.45, 7) is 6.15. The van der Waals surface area contributed by atoms with Crippen LogP contribution in [0.25, 0.3) is 6.08 Å². The van der Waals surface area contributed by atoms with Crippen LogP contribution in [0.2, 0.25) is 0 Å². The van der Waals surface area contributed by atoms with Crippen molar-refractivity contribution in [2.45, 2.75) is 52.6 Å². The first kappa shape index (κ1) is 25.1. The van der Waals surface area contributed by atoms with E-state index < -0.39 is 0 Å². The first-order valence-corrected chi connectivity index (χ1v) is 13.0. The molecule has 0 aliphatic carbocycles. The molecule has 0 spiro atoms. The molecule has 2 aliphatic heterocycles. The summed E-state index contributed by atoms with van der Waals surface area (Å²) in [5, 5.41) is 9.77. The highest BCUT2D eigenvalue weighted by atomic mass is 32.2. The average molecular weight is 511 g/mol. The fraction of sp³-hybridized carbons (Fsp3) is 0.385. The van der Waals surface area contributed by atoms with Crippen molar-refractivity contribution in [3.05, 3.63) is 67.6 Å². The predicted molar refractivity (Wildman–Crippen MR) is 142 cm³/mol. The number of pyridine rings is 1. The van der Waals surface area contributed by atoms with Gasteiger partial charge in [-0.2, -0.15) is 5.26 Å². The van der Waals surface area contributed by atoms with Crippen LogP contribution in [0.3, 0.4) is 0 Å². The smallest absolute Gasteiger partial charge is 0.270 e. The number of benzene rings is 1. The van der Waals surface area contributed by atoms with Gasteiger partial charge in [-0.15, -0.1) is 0 Å². The summed E-state index contributed by atoms with van der Waals surface area (Å²) < 4.78 is 15.4. The van der Waals surface area contributed by atoms with E-state index >= 15 is 0 Å². The monoisotopic (exact) mass is 510 g/mol. The molecule has 6 nitrogen and oxygen atoms in total. The molecule has 0 unspecified atom stereocenters. The minimum atomic E-state index is -0.338. The Morgan fingerprint density at radius 3 is 2.49 bits per heavy atom. The Hall–Kier alpha value is -2.96. The first-order valence-electron chi connectivity index (χ1n) is 11.8. The van der Waals surface area contributed by atoms with Crippen LogP contribution in [0.5, 0.6) is 0 Å². The Kier molecular flexibility index (Phi) is 7.72. The van der Waals surface area contributed by atoms with Gasteiger partial charge in [-0.1, -0.05) is 43.0 Å². The van der Waals surface area contributed by atoms with Gasteiger partial charge in [0.2, 0.25) is 0 Å². The number of thioether (sulfide) groups is 1. The summed E-state index contributed by atoms with van der Waals surface area (Å²) in [6, 6.07) is 8.07. The molecule has 4 rings (SSSR count). The van der Waals surface area contributed by atoms with Gasteiger partial charge < -0.3 is 4.90 Å². The fourth-order valence-corrected chi connectivity index (χ4v) is 5.80. The average Bonchev–Trinajstić information content (AvgIpc) is 3.11. The third-order valence-corrected chi connectivity index (χ3v) is 7.73. The Labute approximate surface area is 214 Å². The lowest BCUT2D eigenvalue weighted by Crippen LogP contribution is -2.37. The van der Waals surface area contributed by atoms with E-state index in [1.54, 1.807) is 29.7 Å². The highest BCUT2D eigenvalue weighted by molar-refractivity contribution is 8.26. The van der Waals surface area contributed by atoms with Crippen molar-refractivity contribution in [1.29, 1.82) is 5.26 Å². The van der Waals surface area contributed by atoms with Gasteiger partial charge in [-0.25, -0.2) is 4.39 Å². The van der Waals surface area contributed by atoms with Gasteiger partial charge >= 0.3 is 0 Å². The molecule has 2 saturated heterocycles. The van der Waals surface area contributed by atoms with Crippen LogP contribution in [0.15, 0.2) is 34.0 Å². The second-order valence-corrected chi connectivity index (χ2v) is 10.4. The van der Waals surface area contributed by atoms with Crippen molar-refractivity contribution >= 4 is 46.1 Å². The molecule has 2 aliphatic rings. The molecule has 0 radical (unpaired) electrons. The van der Waals surface area contributed by atoms with Crippen LogP contribution in [-0.2, 0) is 17.9 Å². The number of nitrogens with zero attached hydrogens (tertiary/aromatic N) is 4. The minimum absolute atomic E-state index is 0.104. The number of aromatic nitrogens is 1. The topological polar surface area (TPSA) is 69.3 Å². The number of hydrogen-bond donors (Lipinski definition) is 0. The number of hydrogen-bond acceptors (Lipinski definition) is 6. The Morgan fingerprint density at radius 2 is 1.86 bits per heavy atom. The van der Waals surface area contributed by atoms with Gasteiger partial charge in [0.1, 0.15) is 27.6 Å². The normalized spacial score (nSPS) is 17.4. The zero-order chi connectivity index (χ0) is 25.1. The van der Waals surface area contributed by atoms with Crippen LogP contribution >= 0.6 is 24.0 Å². The maximum Gasteiger partial charge on any atom is 0.270 e. The van der Waals surface area contributed by atoms with Crippen molar-refractivity contribution in [2.75, 3.05) is 18.0 Å². The van der Waals surface area contributed by atoms with Gasteiger partial charge in [0.25, 0.3) is 11.5 Å². The largest absolute Gasteiger partial charge is 0.357 e. The van der Waals surface area contributed by atoms with Crippen molar-refractivity contribution in [1.82, 2.24) is 9.47 Å². The summed E-state index contributed by atoms with van der Waals surface area (Å²) in [5.41, 5.74) is 1.89. The number of carbonyl (C=O) groups excluding carboxylic acids is 1. The van der Waals surface area contributed by atoms with E-state index in [4.69, 9.17) is 12.2 Å². The molecule has 1 aromatic carbocycles. The van der Waals surface area contributed by atoms with E-state index in [0.29, 0.717) is 21.3 Å². The number of halogens is 1. The third-order valence-electron chi connectivity index (χ3n) is 6.35. The molecule has 35 heavy (non-hydrogen) atoms. The molecule has 0 N–H and O–H groups in total. The molecule has 1 amide bonds. The van der Waals surface area contributed by atoms with Crippen LogP contribution in [-0.4, -0.2) is 32.8 Å². The lowest BCUT2D eigenvalue weighted by atomic mass is 10.0. The Balaban J connectivity index is 1.80. The van der Waals surface area contributed by atoms with Crippen LogP contribution in [0.4, 0.5) is 10.2 Å². The SMILES string of the molecule is CCCn1c(N2CCCCC2)c(/C=C2\SC(=S)N(Cc3ccc(F)cc3)C2=O)c(C)c(C#N)c1=O. The van der Waals surface area contributed by atoms with Crippen molar-refractivity contribution in [3.8, 4) is 6.07 Å².